The van der Waals surface area contributed by atoms with Crippen molar-refractivity contribution in [2.45, 2.75) is 0 Å². The number of ether oxygens (including phenoxy) is 1. The fraction of sp³-hybridized carbons (Fsp3) is 0.364. The lowest BCUT2D eigenvalue weighted by atomic mass is 10.2. The highest BCUT2D eigenvalue weighted by Gasteiger charge is 2.40. The Balaban J connectivity index is 2.59. The summed E-state index contributed by atoms with van der Waals surface area (Å²) in [5, 5.41) is 0. The third-order valence-corrected chi connectivity index (χ3v) is 4.69. The smallest absolute Gasteiger partial charge is 0.457 e. The van der Waals surface area contributed by atoms with Crippen LogP contribution in [0.5, 0.6) is 0 Å². The normalized spacial score (nSPS) is 11.2. The summed E-state index contributed by atoms with van der Waals surface area (Å²) in [4.78, 5) is 11.7. The monoisotopic (exact) mass is 256 g/mol. The number of rotatable bonds is 6. The second-order valence-electron chi connectivity index (χ2n) is 3.24. The molecule has 0 unspecified atom stereocenters. The first-order valence-corrected chi connectivity index (χ1v) is 6.98. The van der Waals surface area contributed by atoms with E-state index in [1.54, 1.807) is 24.3 Å². The maximum atomic E-state index is 11.7. The number of benzene rings is 1. The Morgan fingerprint density at radius 3 is 2.06 bits per heavy atom. The van der Waals surface area contributed by atoms with Crippen molar-refractivity contribution in [2.24, 2.45) is 0 Å². The van der Waals surface area contributed by atoms with E-state index in [9.17, 15) is 4.79 Å². The van der Waals surface area contributed by atoms with Gasteiger partial charge in [-0.2, -0.15) is 0 Å². The fourth-order valence-electron chi connectivity index (χ4n) is 1.24. The molecule has 0 heterocycles. The predicted octanol–water partition coefficient (Wildman–Crippen LogP) is 1.26. The molecule has 0 saturated heterocycles. The Bertz CT molecular complexity index is 342. The fourth-order valence-corrected chi connectivity index (χ4v) is 2.40. The summed E-state index contributed by atoms with van der Waals surface area (Å²) in [5.74, 6) is -0.423. The minimum absolute atomic E-state index is 0.00969. The largest absolute Gasteiger partial charge is 0.539 e. The summed E-state index contributed by atoms with van der Waals surface area (Å²) < 4.78 is 20.5. The van der Waals surface area contributed by atoms with E-state index in [1.807, 2.05) is 6.07 Å². The topological polar surface area (TPSA) is 54.0 Å². The minimum Gasteiger partial charge on any atom is -0.457 e. The van der Waals surface area contributed by atoms with Crippen LogP contribution in [0.15, 0.2) is 30.3 Å². The van der Waals surface area contributed by atoms with Gasteiger partial charge in [-0.3, -0.25) is 0 Å². The highest BCUT2D eigenvalue weighted by Crippen LogP contribution is 2.08. The average molecular weight is 256 g/mol. The second-order valence-corrected chi connectivity index (χ2v) is 6.12. The van der Waals surface area contributed by atoms with Gasteiger partial charge in [0.05, 0.1) is 5.56 Å². The van der Waals surface area contributed by atoms with Gasteiger partial charge in [0.1, 0.15) is 0 Å². The van der Waals surface area contributed by atoms with Gasteiger partial charge >= 0.3 is 14.8 Å². The highest BCUT2D eigenvalue weighted by atomic mass is 28.4. The van der Waals surface area contributed by atoms with Gasteiger partial charge in [0.2, 0.25) is 0 Å². The molecule has 5 nitrogen and oxygen atoms in total. The molecule has 0 spiro atoms. The lowest BCUT2D eigenvalue weighted by molar-refractivity contribution is 0.0397. The van der Waals surface area contributed by atoms with Gasteiger partial charge in [-0.05, 0) is 12.1 Å². The lowest BCUT2D eigenvalue weighted by Gasteiger charge is -2.23. The van der Waals surface area contributed by atoms with Crippen molar-refractivity contribution in [3.8, 4) is 0 Å². The van der Waals surface area contributed by atoms with Crippen LogP contribution in [0.4, 0.5) is 0 Å². The molecule has 0 N–H and O–H groups in total. The van der Waals surface area contributed by atoms with Gasteiger partial charge < -0.3 is 18.0 Å². The zero-order chi connectivity index (χ0) is 12.7. The third-order valence-electron chi connectivity index (χ3n) is 2.32. The number of esters is 1. The van der Waals surface area contributed by atoms with Gasteiger partial charge in [-0.15, -0.1) is 0 Å². The van der Waals surface area contributed by atoms with E-state index in [-0.39, 0.29) is 6.23 Å². The van der Waals surface area contributed by atoms with Crippen LogP contribution in [0, 0.1) is 0 Å². The molecule has 17 heavy (non-hydrogen) atoms. The van der Waals surface area contributed by atoms with E-state index < -0.39 is 14.8 Å². The van der Waals surface area contributed by atoms with Gasteiger partial charge in [0, 0.05) is 21.3 Å². The molecular formula is C11H16O5Si. The van der Waals surface area contributed by atoms with Crippen LogP contribution in [0.25, 0.3) is 0 Å². The molecule has 0 aliphatic carbocycles. The molecule has 0 bridgehead atoms. The third kappa shape index (κ3) is 3.64. The standard InChI is InChI=1S/C11H16O5Si/c1-13-17(14-2,15-3)9-16-11(12)10-7-5-4-6-8-10/h4-8H,9H2,1-3H3. The molecule has 0 aliphatic heterocycles. The maximum absolute atomic E-state index is 11.7. The number of carbonyl (C=O) groups is 1. The van der Waals surface area contributed by atoms with Gasteiger partial charge in [-0.25, -0.2) is 4.79 Å². The summed E-state index contributed by atoms with van der Waals surface area (Å²) in [6, 6.07) is 8.72. The van der Waals surface area contributed by atoms with Crippen LogP contribution < -0.4 is 0 Å². The van der Waals surface area contributed by atoms with Crippen molar-refractivity contribution in [3.63, 3.8) is 0 Å². The van der Waals surface area contributed by atoms with Crippen molar-refractivity contribution in [2.75, 3.05) is 27.6 Å². The number of hydrogen-bond acceptors (Lipinski definition) is 5. The van der Waals surface area contributed by atoms with E-state index in [4.69, 9.17) is 18.0 Å². The Morgan fingerprint density at radius 2 is 1.59 bits per heavy atom. The van der Waals surface area contributed by atoms with Crippen LogP contribution in [-0.2, 0) is 18.0 Å². The molecule has 0 fully saturated rings. The van der Waals surface area contributed by atoms with Gasteiger partial charge in [0.25, 0.3) is 0 Å². The Labute approximate surface area is 102 Å². The van der Waals surface area contributed by atoms with Gasteiger partial charge in [-0.1, -0.05) is 18.2 Å². The van der Waals surface area contributed by atoms with E-state index in [2.05, 4.69) is 0 Å². The maximum Gasteiger partial charge on any atom is 0.539 e. The van der Waals surface area contributed by atoms with E-state index in [0.29, 0.717) is 5.56 Å². The number of hydrogen-bond donors (Lipinski definition) is 0. The van der Waals surface area contributed by atoms with Crippen LogP contribution in [0.3, 0.4) is 0 Å². The Hall–Kier alpha value is -1.21. The van der Waals surface area contributed by atoms with Gasteiger partial charge in [0.15, 0.2) is 6.23 Å². The molecule has 0 saturated carbocycles. The van der Waals surface area contributed by atoms with Crippen molar-refractivity contribution in [1.29, 1.82) is 0 Å². The first-order chi connectivity index (χ1) is 8.17. The molecule has 94 valence electrons. The molecule has 1 rings (SSSR count). The second kappa shape index (κ2) is 6.50. The van der Waals surface area contributed by atoms with Crippen LogP contribution in [0.2, 0.25) is 0 Å². The Kier molecular flexibility index (Phi) is 5.30. The first-order valence-electron chi connectivity index (χ1n) is 5.05. The predicted molar refractivity (Wildman–Crippen MR) is 63.5 cm³/mol. The molecule has 0 aromatic heterocycles. The van der Waals surface area contributed by atoms with Crippen molar-refractivity contribution in [1.82, 2.24) is 0 Å². The molecule has 1 aromatic carbocycles. The van der Waals surface area contributed by atoms with Crippen molar-refractivity contribution < 1.29 is 22.8 Å². The summed E-state index contributed by atoms with van der Waals surface area (Å²) in [6.07, 6.45) is -0.00969. The Morgan fingerprint density at radius 1 is 1.06 bits per heavy atom. The SMILES string of the molecule is CO[Si](COC(=O)c1ccccc1)(OC)OC. The first kappa shape index (κ1) is 13.9. The molecule has 0 radical (unpaired) electrons. The summed E-state index contributed by atoms with van der Waals surface area (Å²) >= 11 is 0. The van der Waals surface area contributed by atoms with Crippen molar-refractivity contribution >= 4 is 14.8 Å². The zero-order valence-corrected chi connectivity index (χ0v) is 11.1. The zero-order valence-electron chi connectivity index (χ0n) is 10.1. The summed E-state index contributed by atoms with van der Waals surface area (Å²) in [6.45, 7) is 0. The van der Waals surface area contributed by atoms with Crippen LogP contribution >= 0.6 is 0 Å². The molecule has 1 aromatic rings. The number of carbonyl (C=O) groups excluding carboxylic acids is 1. The van der Waals surface area contributed by atoms with Crippen molar-refractivity contribution in [3.05, 3.63) is 35.9 Å². The molecule has 6 heteroatoms. The van der Waals surface area contributed by atoms with E-state index in [0.717, 1.165) is 0 Å². The summed E-state index contributed by atoms with van der Waals surface area (Å²) in [5.41, 5.74) is 0.485. The van der Waals surface area contributed by atoms with E-state index in [1.165, 1.54) is 21.3 Å². The quantitative estimate of drug-likeness (QED) is 0.566. The highest BCUT2D eigenvalue weighted by molar-refractivity contribution is 6.60. The minimum atomic E-state index is -2.86. The van der Waals surface area contributed by atoms with Crippen LogP contribution in [0.1, 0.15) is 10.4 Å². The molecule has 0 amide bonds. The molecular weight excluding hydrogens is 240 g/mol. The summed E-state index contributed by atoms with van der Waals surface area (Å²) in [7, 11) is 1.55. The van der Waals surface area contributed by atoms with Crippen LogP contribution in [-0.4, -0.2) is 42.3 Å². The average Bonchev–Trinajstić information content (AvgIpc) is 2.41. The van der Waals surface area contributed by atoms with E-state index >= 15 is 0 Å². The molecule has 0 aliphatic rings. The lowest BCUT2D eigenvalue weighted by Crippen LogP contribution is -2.48. The molecule has 0 atom stereocenters.